The lowest BCUT2D eigenvalue weighted by Crippen LogP contribution is -2.28. The molecule has 0 aliphatic rings. The number of para-hydroxylation sites is 1. The molecule has 34 heavy (non-hydrogen) atoms. The highest BCUT2D eigenvalue weighted by molar-refractivity contribution is 5.97. The molecule has 6 nitrogen and oxygen atoms in total. The van der Waals surface area contributed by atoms with Gasteiger partial charge in [0.1, 0.15) is 18.0 Å². The Hall–Kier alpha value is -4.52. The zero-order valence-corrected chi connectivity index (χ0v) is 18.4. The molecule has 0 radical (unpaired) electrons. The van der Waals surface area contributed by atoms with E-state index in [0.717, 1.165) is 27.9 Å². The number of hydrogen-bond acceptors (Lipinski definition) is 3. The van der Waals surface area contributed by atoms with Gasteiger partial charge >= 0.3 is 0 Å². The summed E-state index contributed by atoms with van der Waals surface area (Å²) in [6.07, 6.45) is 0. The van der Waals surface area contributed by atoms with E-state index in [1.165, 1.54) is 28.8 Å². The summed E-state index contributed by atoms with van der Waals surface area (Å²) in [4.78, 5) is 26.2. The minimum absolute atomic E-state index is 0.251. The lowest BCUT2D eigenvalue weighted by atomic mass is 10.0. The molecule has 5 aromatic rings. The van der Waals surface area contributed by atoms with Crippen LogP contribution >= 0.6 is 0 Å². The van der Waals surface area contributed by atoms with Crippen LogP contribution in [0.5, 0.6) is 0 Å². The number of aryl methyl sites for hydroxylation is 1. The fourth-order valence-corrected chi connectivity index (χ4v) is 4.12. The molecule has 1 N–H and O–H groups in total. The van der Waals surface area contributed by atoms with E-state index in [1.807, 2.05) is 67.6 Å². The molecule has 0 spiro atoms. The molecule has 2 aromatic heterocycles. The third kappa shape index (κ3) is 3.99. The summed E-state index contributed by atoms with van der Waals surface area (Å²) in [5.74, 6) is -0.901. The minimum Gasteiger partial charge on any atom is -0.324 e. The number of hydrogen-bond donors (Lipinski definition) is 1. The van der Waals surface area contributed by atoms with Crippen LogP contribution in [0, 0.1) is 12.7 Å². The Morgan fingerprint density at radius 3 is 2.35 bits per heavy atom. The topological polar surface area (TPSA) is 68.9 Å². The first-order valence-electron chi connectivity index (χ1n) is 10.8. The zero-order chi connectivity index (χ0) is 23.7. The van der Waals surface area contributed by atoms with Gasteiger partial charge in [-0.1, -0.05) is 54.6 Å². The van der Waals surface area contributed by atoms with E-state index in [2.05, 4.69) is 5.32 Å². The smallest absolute Gasteiger partial charge is 0.253 e. The summed E-state index contributed by atoms with van der Waals surface area (Å²) in [5, 5.41) is 8.18. The van der Waals surface area contributed by atoms with E-state index in [4.69, 9.17) is 5.10 Å². The highest BCUT2D eigenvalue weighted by Gasteiger charge is 2.21. The van der Waals surface area contributed by atoms with Crippen LogP contribution < -0.4 is 10.9 Å². The van der Waals surface area contributed by atoms with Gasteiger partial charge < -0.3 is 5.32 Å². The van der Waals surface area contributed by atoms with Crippen molar-refractivity contribution in [3.8, 4) is 16.8 Å². The molecule has 7 heteroatoms. The summed E-state index contributed by atoms with van der Waals surface area (Å²) in [6.45, 7) is 1.63. The SMILES string of the molecule is Cc1nn(-c2ccccc2)c2c1c(-c1ccccc1)cc(=O)n2CC(=O)Nc1cccc(F)c1. The fraction of sp³-hybridized carbons (Fsp3) is 0.0741. The highest BCUT2D eigenvalue weighted by Crippen LogP contribution is 2.31. The van der Waals surface area contributed by atoms with E-state index < -0.39 is 11.7 Å². The van der Waals surface area contributed by atoms with E-state index in [-0.39, 0.29) is 12.1 Å². The molecule has 0 aliphatic heterocycles. The van der Waals surface area contributed by atoms with Gasteiger partial charge in [0, 0.05) is 17.1 Å². The summed E-state index contributed by atoms with van der Waals surface area (Å²) < 4.78 is 16.6. The average Bonchev–Trinajstić information content (AvgIpc) is 3.19. The van der Waals surface area contributed by atoms with Crippen molar-refractivity contribution >= 4 is 22.6 Å². The van der Waals surface area contributed by atoms with Gasteiger partial charge in [-0.05, 0) is 48.4 Å². The molecule has 0 atom stereocenters. The molecule has 0 bridgehead atoms. The second-order valence-corrected chi connectivity index (χ2v) is 7.94. The van der Waals surface area contributed by atoms with Crippen LogP contribution in [0.15, 0.2) is 95.8 Å². The number of benzene rings is 3. The van der Waals surface area contributed by atoms with Gasteiger partial charge in [-0.15, -0.1) is 0 Å². The molecule has 0 saturated heterocycles. The number of anilines is 1. The van der Waals surface area contributed by atoms with Crippen molar-refractivity contribution in [1.82, 2.24) is 14.3 Å². The zero-order valence-electron chi connectivity index (χ0n) is 18.4. The number of nitrogens with one attached hydrogen (secondary N) is 1. The highest BCUT2D eigenvalue weighted by atomic mass is 19.1. The van der Waals surface area contributed by atoms with Crippen LogP contribution in [-0.4, -0.2) is 20.3 Å². The average molecular weight is 452 g/mol. The van der Waals surface area contributed by atoms with Crippen LogP contribution in [0.4, 0.5) is 10.1 Å². The largest absolute Gasteiger partial charge is 0.324 e. The fourth-order valence-electron chi connectivity index (χ4n) is 4.12. The van der Waals surface area contributed by atoms with Gasteiger partial charge in [-0.2, -0.15) is 5.10 Å². The summed E-state index contributed by atoms with van der Waals surface area (Å²) in [7, 11) is 0. The number of amides is 1. The normalized spacial score (nSPS) is 11.0. The summed E-state index contributed by atoms with van der Waals surface area (Å²) in [5.41, 5.74) is 3.64. The Morgan fingerprint density at radius 1 is 0.941 bits per heavy atom. The van der Waals surface area contributed by atoms with E-state index in [1.54, 1.807) is 10.7 Å². The molecule has 0 aliphatic carbocycles. The van der Waals surface area contributed by atoms with Gasteiger partial charge in [0.2, 0.25) is 5.91 Å². The maximum Gasteiger partial charge on any atom is 0.253 e. The first-order valence-corrected chi connectivity index (χ1v) is 10.8. The van der Waals surface area contributed by atoms with Crippen molar-refractivity contribution in [2.75, 3.05) is 5.32 Å². The summed E-state index contributed by atoms with van der Waals surface area (Å²) >= 11 is 0. The molecule has 168 valence electrons. The number of aromatic nitrogens is 3. The molecule has 0 fully saturated rings. The van der Waals surface area contributed by atoms with Gasteiger partial charge in [-0.3, -0.25) is 14.2 Å². The predicted molar refractivity (Wildman–Crippen MR) is 131 cm³/mol. The number of halogens is 1. The van der Waals surface area contributed by atoms with Crippen molar-refractivity contribution < 1.29 is 9.18 Å². The first kappa shape index (κ1) is 21.3. The molecular formula is C27H21FN4O2. The molecule has 1 amide bonds. The maximum atomic E-state index is 13.5. The van der Waals surface area contributed by atoms with E-state index in [0.29, 0.717) is 11.3 Å². The molecular weight excluding hydrogens is 431 g/mol. The first-order chi connectivity index (χ1) is 16.5. The number of carbonyl (C=O) groups excluding carboxylic acids is 1. The van der Waals surface area contributed by atoms with Gasteiger partial charge in [-0.25, -0.2) is 9.07 Å². The molecule has 2 heterocycles. The lowest BCUT2D eigenvalue weighted by Gasteiger charge is -2.14. The van der Waals surface area contributed by atoms with Gasteiger partial charge in [0.25, 0.3) is 5.56 Å². The van der Waals surface area contributed by atoms with Crippen molar-refractivity contribution in [2.45, 2.75) is 13.5 Å². The Labute approximate surface area is 194 Å². The third-order valence-corrected chi connectivity index (χ3v) is 5.59. The number of rotatable bonds is 5. The minimum atomic E-state index is -0.456. The molecule has 3 aromatic carbocycles. The third-order valence-electron chi connectivity index (χ3n) is 5.59. The van der Waals surface area contributed by atoms with Crippen LogP contribution in [-0.2, 0) is 11.3 Å². The lowest BCUT2D eigenvalue weighted by molar-refractivity contribution is -0.116. The van der Waals surface area contributed by atoms with E-state index in [9.17, 15) is 14.0 Å². The van der Waals surface area contributed by atoms with Crippen molar-refractivity contribution in [3.05, 3.63) is 113 Å². The molecule has 0 unspecified atom stereocenters. The Balaban J connectivity index is 1.69. The van der Waals surface area contributed by atoms with Crippen LogP contribution in [0.2, 0.25) is 0 Å². The van der Waals surface area contributed by atoms with Gasteiger partial charge in [0.15, 0.2) is 0 Å². The predicted octanol–water partition coefficient (Wildman–Crippen LogP) is 4.94. The molecule has 0 saturated carbocycles. The number of pyridine rings is 1. The van der Waals surface area contributed by atoms with Crippen molar-refractivity contribution in [3.63, 3.8) is 0 Å². The van der Waals surface area contributed by atoms with Crippen LogP contribution in [0.25, 0.3) is 27.8 Å². The van der Waals surface area contributed by atoms with Crippen LogP contribution in [0.3, 0.4) is 0 Å². The Kier molecular flexibility index (Phi) is 5.51. The van der Waals surface area contributed by atoms with Gasteiger partial charge in [0.05, 0.1) is 11.4 Å². The second-order valence-electron chi connectivity index (χ2n) is 7.94. The quantitative estimate of drug-likeness (QED) is 0.411. The van der Waals surface area contributed by atoms with Crippen LogP contribution in [0.1, 0.15) is 5.69 Å². The Bertz CT molecular complexity index is 1560. The Morgan fingerprint density at radius 2 is 1.65 bits per heavy atom. The van der Waals surface area contributed by atoms with Crippen molar-refractivity contribution in [2.24, 2.45) is 0 Å². The monoisotopic (exact) mass is 452 g/mol. The van der Waals surface area contributed by atoms with Crippen molar-refractivity contribution in [1.29, 1.82) is 0 Å². The number of carbonyl (C=O) groups is 1. The number of fused-ring (bicyclic) bond motifs is 1. The second kappa shape index (κ2) is 8.78. The molecule has 5 rings (SSSR count). The van der Waals surface area contributed by atoms with E-state index >= 15 is 0 Å². The standard InChI is InChI=1S/C27H21FN4O2/c1-18-26-23(19-9-4-2-5-10-19)16-25(34)31(17-24(33)29-21-12-8-11-20(28)15-21)27(26)32(30-18)22-13-6-3-7-14-22/h2-16H,17H2,1H3,(H,29,33). The number of nitrogens with zero attached hydrogens (tertiary/aromatic N) is 3. The maximum absolute atomic E-state index is 13.5. The summed E-state index contributed by atoms with van der Waals surface area (Å²) in [6, 6.07) is 26.2.